The fourth-order valence-electron chi connectivity index (χ4n) is 2.18. The second-order valence-electron chi connectivity index (χ2n) is 5.05. The Labute approximate surface area is 147 Å². The van der Waals surface area contributed by atoms with Crippen LogP contribution in [0.5, 0.6) is 0 Å². The molecule has 1 saturated heterocycles. The van der Waals surface area contributed by atoms with E-state index in [0.29, 0.717) is 0 Å². The molecular weight excluding hydrogens is 392 g/mol. The number of esters is 4. The summed E-state index contributed by atoms with van der Waals surface area (Å²) >= 11 is 3.18. The molecule has 1 heterocycles. The first-order valence-corrected chi connectivity index (χ1v) is 7.98. The first-order valence-electron chi connectivity index (χ1n) is 7.06. The van der Waals surface area contributed by atoms with Crippen molar-refractivity contribution in [2.75, 3.05) is 6.61 Å². The van der Waals surface area contributed by atoms with Gasteiger partial charge in [0, 0.05) is 27.7 Å². The molecule has 0 aromatic carbocycles. The smallest absolute Gasteiger partial charge is 0.303 e. The minimum absolute atomic E-state index is 0.236. The zero-order valence-corrected chi connectivity index (χ0v) is 15.2. The molecule has 0 N–H and O–H groups in total. The largest absolute Gasteiger partial charge is 0.463 e. The lowest BCUT2D eigenvalue weighted by Crippen LogP contribution is -2.60. The van der Waals surface area contributed by atoms with E-state index in [9.17, 15) is 19.2 Å². The minimum Gasteiger partial charge on any atom is -0.463 e. The summed E-state index contributed by atoms with van der Waals surface area (Å²) in [5.74, 6) is -2.52. The molecule has 0 aromatic heterocycles. The third-order valence-electron chi connectivity index (χ3n) is 2.93. The highest BCUT2D eigenvalue weighted by atomic mass is 79.9. The molecule has 0 saturated carbocycles. The Morgan fingerprint density at radius 3 is 1.71 bits per heavy atom. The molecule has 1 fully saturated rings. The topological polar surface area (TPSA) is 114 Å². The fraction of sp³-hybridized carbons (Fsp3) is 0.714. The van der Waals surface area contributed by atoms with E-state index in [2.05, 4.69) is 15.9 Å². The molecule has 9 nitrogen and oxygen atoms in total. The third-order valence-corrected chi connectivity index (χ3v) is 3.67. The van der Waals surface area contributed by atoms with Crippen LogP contribution in [0.15, 0.2) is 0 Å². The summed E-state index contributed by atoms with van der Waals surface area (Å²) in [6.07, 6.45) is -4.22. The van der Waals surface area contributed by atoms with Crippen LogP contribution in [0.4, 0.5) is 0 Å². The summed E-state index contributed by atoms with van der Waals surface area (Å²) < 4.78 is 25.9. The molecule has 1 rings (SSSR count). The SMILES string of the molecule is CC(=O)OCC1O[C@H](Br)C(OC(C)=O)[C@@H](OC(C)=O)[C@@H]1OC(C)=O. The highest BCUT2D eigenvalue weighted by Gasteiger charge is 2.51. The quantitative estimate of drug-likeness (QED) is 0.362. The molecule has 10 heteroatoms. The van der Waals surface area contributed by atoms with Crippen molar-refractivity contribution in [3.63, 3.8) is 0 Å². The van der Waals surface area contributed by atoms with Crippen molar-refractivity contribution in [3.05, 3.63) is 0 Å². The van der Waals surface area contributed by atoms with Crippen molar-refractivity contribution in [2.45, 2.75) is 57.1 Å². The summed E-state index contributed by atoms with van der Waals surface area (Å²) in [5, 5.41) is -0.863. The van der Waals surface area contributed by atoms with Gasteiger partial charge in [0.15, 0.2) is 23.3 Å². The number of alkyl halides is 1. The molecule has 0 aromatic rings. The van der Waals surface area contributed by atoms with Gasteiger partial charge in [0.1, 0.15) is 12.7 Å². The maximum atomic E-state index is 11.4. The Morgan fingerprint density at radius 1 is 0.792 bits per heavy atom. The lowest BCUT2D eigenvalue weighted by atomic mass is 9.99. The summed E-state index contributed by atoms with van der Waals surface area (Å²) in [6.45, 7) is 4.47. The van der Waals surface area contributed by atoms with Crippen molar-refractivity contribution in [2.24, 2.45) is 0 Å². The van der Waals surface area contributed by atoms with Crippen LogP contribution in [0, 0.1) is 0 Å². The summed E-state index contributed by atoms with van der Waals surface area (Å²) in [5.41, 5.74) is 0. The van der Waals surface area contributed by atoms with E-state index in [1.807, 2.05) is 0 Å². The van der Waals surface area contributed by atoms with E-state index < -0.39 is 53.3 Å². The molecule has 24 heavy (non-hydrogen) atoms. The van der Waals surface area contributed by atoms with Gasteiger partial charge < -0.3 is 23.7 Å². The van der Waals surface area contributed by atoms with Gasteiger partial charge >= 0.3 is 23.9 Å². The summed E-state index contributed by atoms with van der Waals surface area (Å²) in [4.78, 5) is 45.1. The summed E-state index contributed by atoms with van der Waals surface area (Å²) in [7, 11) is 0. The van der Waals surface area contributed by atoms with Gasteiger partial charge in [-0.25, -0.2) is 0 Å². The van der Waals surface area contributed by atoms with E-state index >= 15 is 0 Å². The second kappa shape index (κ2) is 8.97. The standard InChI is InChI=1S/C14H19BrO9/c1-6(16)20-5-10-11(21-7(2)17)12(22-8(3)18)13(14(15)24-10)23-9(4)19/h10-14H,5H2,1-4H3/t10?,11-,12+,13?,14+/m1/s1. The Hall–Kier alpha value is -1.68. The second-order valence-corrected chi connectivity index (χ2v) is 5.95. The lowest BCUT2D eigenvalue weighted by Gasteiger charge is -2.42. The number of carbonyl (C=O) groups is 4. The Kier molecular flexibility index (Phi) is 7.61. The fourth-order valence-corrected chi connectivity index (χ4v) is 2.86. The molecule has 136 valence electrons. The molecule has 0 spiro atoms. The first kappa shape index (κ1) is 20.4. The molecule has 0 bridgehead atoms. The van der Waals surface area contributed by atoms with Gasteiger partial charge in [-0.15, -0.1) is 0 Å². The minimum atomic E-state index is -1.13. The molecule has 5 atom stereocenters. The highest BCUT2D eigenvalue weighted by molar-refractivity contribution is 9.09. The first-order chi connectivity index (χ1) is 11.1. The maximum Gasteiger partial charge on any atom is 0.303 e. The number of hydrogen-bond acceptors (Lipinski definition) is 9. The molecule has 0 amide bonds. The summed E-state index contributed by atoms with van der Waals surface area (Å²) in [6, 6.07) is 0. The van der Waals surface area contributed by atoms with Gasteiger partial charge in [-0.3, -0.25) is 19.2 Å². The highest BCUT2D eigenvalue weighted by Crippen LogP contribution is 2.31. The molecule has 2 unspecified atom stereocenters. The van der Waals surface area contributed by atoms with Crippen LogP contribution in [0.25, 0.3) is 0 Å². The van der Waals surface area contributed by atoms with Crippen molar-refractivity contribution < 1.29 is 42.9 Å². The van der Waals surface area contributed by atoms with E-state index in [4.69, 9.17) is 23.7 Å². The van der Waals surface area contributed by atoms with Gasteiger partial charge in [0.05, 0.1) is 0 Å². The number of carbonyl (C=O) groups excluding carboxylic acids is 4. The Bertz CT molecular complexity index is 506. The van der Waals surface area contributed by atoms with Crippen LogP contribution >= 0.6 is 15.9 Å². The van der Waals surface area contributed by atoms with Crippen LogP contribution in [0.3, 0.4) is 0 Å². The third kappa shape index (κ3) is 6.08. The van der Waals surface area contributed by atoms with E-state index in [1.54, 1.807) is 0 Å². The normalized spacial score (nSPS) is 29.3. The predicted octanol–water partition coefficient (Wildman–Crippen LogP) is 0.464. The molecule has 1 aliphatic rings. The molecular formula is C14H19BrO9. The lowest BCUT2D eigenvalue weighted by molar-refractivity contribution is -0.236. The van der Waals surface area contributed by atoms with Crippen molar-refractivity contribution in [1.82, 2.24) is 0 Å². The van der Waals surface area contributed by atoms with Gasteiger partial charge in [0.2, 0.25) is 0 Å². The maximum absolute atomic E-state index is 11.4. The van der Waals surface area contributed by atoms with Gasteiger partial charge in [0.25, 0.3) is 0 Å². The average molecular weight is 411 g/mol. The van der Waals surface area contributed by atoms with E-state index in [0.717, 1.165) is 13.8 Å². The van der Waals surface area contributed by atoms with Crippen LogP contribution in [0.1, 0.15) is 27.7 Å². The number of ether oxygens (including phenoxy) is 5. The van der Waals surface area contributed by atoms with Gasteiger partial charge in [-0.1, -0.05) is 15.9 Å². The Balaban J connectivity index is 3.11. The monoisotopic (exact) mass is 410 g/mol. The number of rotatable bonds is 5. The average Bonchev–Trinajstić information content (AvgIpc) is 2.42. The van der Waals surface area contributed by atoms with Gasteiger partial charge in [-0.2, -0.15) is 0 Å². The number of hydrogen-bond donors (Lipinski definition) is 0. The van der Waals surface area contributed by atoms with Crippen LogP contribution in [0.2, 0.25) is 0 Å². The number of halogens is 1. The molecule has 1 aliphatic heterocycles. The van der Waals surface area contributed by atoms with Crippen LogP contribution < -0.4 is 0 Å². The van der Waals surface area contributed by atoms with Crippen molar-refractivity contribution >= 4 is 39.8 Å². The van der Waals surface area contributed by atoms with Gasteiger partial charge in [-0.05, 0) is 0 Å². The zero-order valence-electron chi connectivity index (χ0n) is 13.6. The molecule has 0 radical (unpaired) electrons. The van der Waals surface area contributed by atoms with Crippen LogP contribution in [-0.4, -0.2) is 59.9 Å². The van der Waals surface area contributed by atoms with Crippen molar-refractivity contribution in [3.8, 4) is 0 Å². The zero-order chi connectivity index (χ0) is 18.4. The Morgan fingerprint density at radius 2 is 1.25 bits per heavy atom. The van der Waals surface area contributed by atoms with E-state index in [1.165, 1.54) is 13.8 Å². The predicted molar refractivity (Wildman–Crippen MR) is 80.9 cm³/mol. The van der Waals surface area contributed by atoms with Crippen molar-refractivity contribution in [1.29, 1.82) is 0 Å². The molecule has 0 aliphatic carbocycles. The van der Waals surface area contributed by atoms with E-state index in [-0.39, 0.29) is 6.61 Å². The van der Waals surface area contributed by atoms with Crippen LogP contribution in [-0.2, 0) is 42.9 Å².